The molecule has 9 aromatic rings. The molecular formula is C51H35N5. The standard InChI is InChI=1S/C51H35N5/c1-4-17-34(18-5-1)49-52-50(35-19-6-2-7-20-35)54-51(53-49)41-25-12-15-29-45(41)56-43-27-13-10-23-39(43)42-33-36(31-32-46(42)56)38-26-16-30-47-48(38)40-24-11-14-28-44(40)55(47)37-21-8-3-9-22-37/h1-33,39,43H. The van der Waals surface area contributed by atoms with Crippen LogP contribution in [0.3, 0.4) is 0 Å². The second-order valence-corrected chi connectivity index (χ2v) is 14.4. The Balaban J connectivity index is 1.08. The van der Waals surface area contributed by atoms with Crippen LogP contribution >= 0.6 is 0 Å². The van der Waals surface area contributed by atoms with E-state index in [9.17, 15) is 0 Å². The lowest BCUT2D eigenvalue weighted by molar-refractivity contribution is 0.745. The van der Waals surface area contributed by atoms with Crippen LogP contribution in [0.2, 0.25) is 0 Å². The van der Waals surface area contributed by atoms with Gasteiger partial charge in [-0.2, -0.15) is 0 Å². The molecule has 11 rings (SSSR count). The molecule has 1 aliphatic carbocycles. The SMILES string of the molecule is C1=CC2c3cc(-c4cccc5c4c4ccccc4n5-c4ccccc4)ccc3N(c3ccccc3-c3nc(-c4ccccc4)nc(-c4ccccc4)n3)C2C=C1. The quantitative estimate of drug-likeness (QED) is 0.172. The predicted molar refractivity (Wildman–Crippen MR) is 229 cm³/mol. The zero-order chi connectivity index (χ0) is 37.0. The van der Waals surface area contributed by atoms with Crippen molar-refractivity contribution < 1.29 is 0 Å². The molecule has 0 fully saturated rings. The summed E-state index contributed by atoms with van der Waals surface area (Å²) in [7, 11) is 0. The van der Waals surface area contributed by atoms with Crippen molar-refractivity contribution in [1.82, 2.24) is 19.5 Å². The number of fused-ring (bicyclic) bond motifs is 6. The average molecular weight is 718 g/mol. The molecule has 5 heteroatoms. The van der Waals surface area contributed by atoms with E-state index in [0.717, 1.165) is 28.1 Å². The first kappa shape index (κ1) is 32.1. The summed E-state index contributed by atoms with van der Waals surface area (Å²) in [6.07, 6.45) is 9.04. The van der Waals surface area contributed by atoms with Gasteiger partial charge in [0, 0.05) is 44.8 Å². The first-order valence-electron chi connectivity index (χ1n) is 19.1. The van der Waals surface area contributed by atoms with Gasteiger partial charge in [0.05, 0.1) is 22.8 Å². The van der Waals surface area contributed by atoms with E-state index in [0.29, 0.717) is 17.5 Å². The molecule has 3 heterocycles. The third-order valence-corrected chi connectivity index (χ3v) is 11.2. The molecule has 2 atom stereocenters. The number of nitrogens with zero attached hydrogens (tertiary/aromatic N) is 5. The van der Waals surface area contributed by atoms with E-state index in [4.69, 9.17) is 15.0 Å². The van der Waals surface area contributed by atoms with Crippen molar-refractivity contribution in [3.05, 3.63) is 206 Å². The van der Waals surface area contributed by atoms with Gasteiger partial charge >= 0.3 is 0 Å². The molecule has 2 aliphatic rings. The van der Waals surface area contributed by atoms with Crippen LogP contribution < -0.4 is 4.90 Å². The maximum absolute atomic E-state index is 5.14. The largest absolute Gasteiger partial charge is 0.333 e. The van der Waals surface area contributed by atoms with Crippen LogP contribution in [0.4, 0.5) is 11.4 Å². The molecule has 0 radical (unpaired) electrons. The predicted octanol–water partition coefficient (Wildman–Crippen LogP) is 12.4. The number of hydrogen-bond acceptors (Lipinski definition) is 4. The van der Waals surface area contributed by atoms with Crippen molar-refractivity contribution in [3.8, 4) is 51.0 Å². The normalized spacial score (nSPS) is 15.7. The van der Waals surface area contributed by atoms with E-state index in [-0.39, 0.29) is 12.0 Å². The summed E-state index contributed by atoms with van der Waals surface area (Å²) in [4.78, 5) is 17.7. The number of allylic oxidation sites excluding steroid dienone is 2. The van der Waals surface area contributed by atoms with Crippen LogP contribution in [0.15, 0.2) is 200 Å². The van der Waals surface area contributed by atoms with Crippen LogP contribution in [0, 0.1) is 0 Å². The fourth-order valence-corrected chi connectivity index (χ4v) is 8.71. The molecule has 264 valence electrons. The molecule has 1 aliphatic heterocycles. The monoisotopic (exact) mass is 717 g/mol. The van der Waals surface area contributed by atoms with Crippen LogP contribution in [0.25, 0.3) is 72.8 Å². The molecule has 7 aromatic carbocycles. The first-order chi connectivity index (χ1) is 27.8. The van der Waals surface area contributed by atoms with Crippen LogP contribution in [0.5, 0.6) is 0 Å². The summed E-state index contributed by atoms with van der Waals surface area (Å²) in [6.45, 7) is 0. The van der Waals surface area contributed by atoms with Gasteiger partial charge in [-0.25, -0.2) is 15.0 Å². The molecule has 2 aromatic heterocycles. The van der Waals surface area contributed by atoms with E-state index in [2.05, 4.69) is 173 Å². The van der Waals surface area contributed by atoms with E-state index < -0.39 is 0 Å². The van der Waals surface area contributed by atoms with Crippen LogP contribution in [-0.2, 0) is 0 Å². The highest BCUT2D eigenvalue weighted by atomic mass is 15.2. The number of rotatable bonds is 6. The summed E-state index contributed by atoms with van der Waals surface area (Å²) in [5, 5.41) is 2.51. The molecule has 0 N–H and O–H groups in total. The Hall–Kier alpha value is -7.37. The van der Waals surface area contributed by atoms with Gasteiger partial charge in [0.25, 0.3) is 0 Å². The number of hydrogen-bond donors (Lipinski definition) is 0. The van der Waals surface area contributed by atoms with Crippen molar-refractivity contribution in [2.24, 2.45) is 0 Å². The van der Waals surface area contributed by atoms with E-state index >= 15 is 0 Å². The minimum atomic E-state index is 0.0891. The Morgan fingerprint density at radius 3 is 1.80 bits per heavy atom. The summed E-state index contributed by atoms with van der Waals surface area (Å²) in [6, 6.07) is 62.1. The second kappa shape index (κ2) is 13.2. The third-order valence-electron chi connectivity index (χ3n) is 11.2. The van der Waals surface area contributed by atoms with Crippen LogP contribution in [-0.4, -0.2) is 25.6 Å². The Kier molecular flexibility index (Phi) is 7.56. The summed E-state index contributed by atoms with van der Waals surface area (Å²) >= 11 is 0. The van der Waals surface area contributed by atoms with Crippen molar-refractivity contribution >= 4 is 33.2 Å². The molecule has 0 saturated carbocycles. The lowest BCUT2D eigenvalue weighted by Gasteiger charge is -2.30. The highest BCUT2D eigenvalue weighted by Crippen LogP contribution is 2.51. The lowest BCUT2D eigenvalue weighted by Crippen LogP contribution is -2.29. The van der Waals surface area contributed by atoms with Crippen molar-refractivity contribution in [1.29, 1.82) is 0 Å². The molecule has 2 unspecified atom stereocenters. The topological polar surface area (TPSA) is 46.8 Å². The van der Waals surface area contributed by atoms with E-state index in [1.807, 2.05) is 36.4 Å². The summed E-state index contributed by atoms with van der Waals surface area (Å²) in [5.74, 6) is 2.12. The number of anilines is 2. The molecule has 0 saturated heterocycles. The van der Waals surface area contributed by atoms with Crippen molar-refractivity contribution in [2.45, 2.75) is 12.0 Å². The maximum Gasteiger partial charge on any atom is 0.166 e. The summed E-state index contributed by atoms with van der Waals surface area (Å²) in [5.41, 5.74) is 12.4. The van der Waals surface area contributed by atoms with Gasteiger partial charge in [0.15, 0.2) is 17.5 Å². The minimum Gasteiger partial charge on any atom is -0.333 e. The lowest BCUT2D eigenvalue weighted by atomic mass is 9.89. The maximum atomic E-state index is 5.14. The van der Waals surface area contributed by atoms with Gasteiger partial charge in [0.2, 0.25) is 0 Å². The Morgan fingerprint density at radius 2 is 1.04 bits per heavy atom. The number of para-hydroxylation sites is 3. The second-order valence-electron chi connectivity index (χ2n) is 14.4. The number of benzene rings is 7. The molecule has 56 heavy (non-hydrogen) atoms. The molecule has 0 spiro atoms. The third kappa shape index (κ3) is 5.20. The molecule has 5 nitrogen and oxygen atoms in total. The highest BCUT2D eigenvalue weighted by molar-refractivity contribution is 6.15. The Morgan fingerprint density at radius 1 is 0.429 bits per heavy atom. The van der Waals surface area contributed by atoms with E-state index in [1.165, 1.54) is 44.2 Å². The highest BCUT2D eigenvalue weighted by Gasteiger charge is 2.39. The van der Waals surface area contributed by atoms with Crippen molar-refractivity contribution in [2.75, 3.05) is 4.90 Å². The first-order valence-corrected chi connectivity index (χ1v) is 19.1. The van der Waals surface area contributed by atoms with E-state index in [1.54, 1.807) is 0 Å². The van der Waals surface area contributed by atoms with Gasteiger partial charge in [-0.3, -0.25) is 0 Å². The molecule has 0 bridgehead atoms. The molecule has 0 amide bonds. The van der Waals surface area contributed by atoms with Gasteiger partial charge in [-0.15, -0.1) is 0 Å². The zero-order valence-electron chi connectivity index (χ0n) is 30.4. The van der Waals surface area contributed by atoms with Gasteiger partial charge < -0.3 is 9.47 Å². The fourth-order valence-electron chi connectivity index (χ4n) is 8.71. The van der Waals surface area contributed by atoms with Crippen molar-refractivity contribution in [3.63, 3.8) is 0 Å². The summed E-state index contributed by atoms with van der Waals surface area (Å²) < 4.78 is 2.39. The Bertz CT molecular complexity index is 2930. The fraction of sp³-hybridized carbons (Fsp3) is 0.0392. The van der Waals surface area contributed by atoms with Gasteiger partial charge in [-0.1, -0.05) is 152 Å². The Labute approximate surface area is 325 Å². The minimum absolute atomic E-state index is 0.0891. The van der Waals surface area contributed by atoms with Gasteiger partial charge in [-0.05, 0) is 65.2 Å². The van der Waals surface area contributed by atoms with Crippen LogP contribution in [0.1, 0.15) is 11.5 Å². The zero-order valence-corrected chi connectivity index (χ0v) is 30.4. The smallest absolute Gasteiger partial charge is 0.166 e. The van der Waals surface area contributed by atoms with Gasteiger partial charge in [0.1, 0.15) is 0 Å². The average Bonchev–Trinajstić information content (AvgIpc) is 3.80. The number of aromatic nitrogens is 4. The molecular weight excluding hydrogens is 683 g/mol.